The predicted molar refractivity (Wildman–Crippen MR) is 100 cm³/mol. The first-order valence-electron chi connectivity index (χ1n) is 8.71. The van der Waals surface area contributed by atoms with Crippen LogP contribution in [0.1, 0.15) is 44.0 Å². The number of carbonyl (C=O) groups excluding carboxylic acids is 1. The van der Waals surface area contributed by atoms with Gasteiger partial charge in [0.05, 0.1) is 12.2 Å². The summed E-state index contributed by atoms with van der Waals surface area (Å²) >= 11 is 6.01. The van der Waals surface area contributed by atoms with Crippen molar-refractivity contribution in [3.8, 4) is 0 Å². The standard InChI is InChI=1S/C19H24ClF2N3O/c1-4-5-15-9-18(20)23-11-25(15)12-24(10-13(2)3)19(26)16-8-14(21)6-7-17(16)22/h6-9,13H,4-5,10-12H2,1-3H3. The van der Waals surface area contributed by atoms with Crippen LogP contribution in [0.2, 0.25) is 0 Å². The van der Waals surface area contributed by atoms with Crippen molar-refractivity contribution in [3.63, 3.8) is 0 Å². The highest BCUT2D eigenvalue weighted by Crippen LogP contribution is 2.20. The van der Waals surface area contributed by atoms with Gasteiger partial charge in [0.1, 0.15) is 23.5 Å². The first-order valence-corrected chi connectivity index (χ1v) is 9.09. The lowest BCUT2D eigenvalue weighted by Crippen LogP contribution is -2.44. The molecule has 1 aromatic rings. The van der Waals surface area contributed by atoms with E-state index < -0.39 is 17.5 Å². The highest BCUT2D eigenvalue weighted by molar-refractivity contribution is 6.68. The Morgan fingerprint density at radius 3 is 2.77 bits per heavy atom. The van der Waals surface area contributed by atoms with E-state index in [1.54, 1.807) is 6.08 Å². The van der Waals surface area contributed by atoms with Crippen molar-refractivity contribution in [2.24, 2.45) is 10.9 Å². The number of benzene rings is 1. The van der Waals surface area contributed by atoms with E-state index in [-0.39, 0.29) is 18.2 Å². The summed E-state index contributed by atoms with van der Waals surface area (Å²) in [5, 5.41) is 0.433. The smallest absolute Gasteiger partial charge is 0.258 e. The van der Waals surface area contributed by atoms with Crippen molar-refractivity contribution in [1.82, 2.24) is 9.80 Å². The lowest BCUT2D eigenvalue weighted by atomic mass is 10.1. The van der Waals surface area contributed by atoms with Gasteiger partial charge in [-0.05, 0) is 36.6 Å². The van der Waals surface area contributed by atoms with Gasteiger partial charge < -0.3 is 9.80 Å². The summed E-state index contributed by atoms with van der Waals surface area (Å²) < 4.78 is 27.6. The molecular weight excluding hydrogens is 360 g/mol. The molecular formula is C19H24ClF2N3O. The molecule has 0 aliphatic carbocycles. The van der Waals surface area contributed by atoms with Gasteiger partial charge in [-0.3, -0.25) is 9.79 Å². The molecule has 2 rings (SSSR count). The summed E-state index contributed by atoms with van der Waals surface area (Å²) in [6.45, 7) is 6.98. The molecule has 0 atom stereocenters. The molecule has 1 aliphatic rings. The second-order valence-electron chi connectivity index (χ2n) is 6.73. The van der Waals surface area contributed by atoms with Gasteiger partial charge in [-0.1, -0.05) is 38.8 Å². The molecule has 1 aromatic carbocycles. The molecule has 142 valence electrons. The van der Waals surface area contributed by atoms with E-state index in [1.807, 2.05) is 18.7 Å². The Morgan fingerprint density at radius 2 is 2.12 bits per heavy atom. The zero-order valence-corrected chi connectivity index (χ0v) is 16.1. The normalized spacial score (nSPS) is 14.3. The molecule has 0 saturated heterocycles. The van der Waals surface area contributed by atoms with Gasteiger partial charge in [0.2, 0.25) is 0 Å². The molecule has 1 heterocycles. The summed E-state index contributed by atoms with van der Waals surface area (Å²) in [5.41, 5.74) is 0.721. The van der Waals surface area contributed by atoms with E-state index in [0.29, 0.717) is 18.4 Å². The summed E-state index contributed by atoms with van der Waals surface area (Å²) in [6, 6.07) is 2.92. The van der Waals surface area contributed by atoms with Gasteiger partial charge in [-0.15, -0.1) is 0 Å². The Labute approximate surface area is 158 Å². The Kier molecular flexibility index (Phi) is 7.14. The maximum atomic E-state index is 14.1. The van der Waals surface area contributed by atoms with Crippen molar-refractivity contribution in [1.29, 1.82) is 0 Å². The Balaban J connectivity index is 2.26. The average molecular weight is 384 g/mol. The summed E-state index contributed by atoms with van der Waals surface area (Å²) in [5.74, 6) is -1.73. The zero-order chi connectivity index (χ0) is 19.3. The minimum Gasteiger partial charge on any atom is -0.338 e. The maximum absolute atomic E-state index is 14.1. The van der Waals surface area contributed by atoms with Crippen molar-refractivity contribution in [2.75, 3.05) is 19.9 Å². The van der Waals surface area contributed by atoms with E-state index in [4.69, 9.17) is 11.6 Å². The van der Waals surface area contributed by atoms with Gasteiger partial charge in [0.25, 0.3) is 5.91 Å². The van der Waals surface area contributed by atoms with Crippen LogP contribution in [0, 0.1) is 17.6 Å². The zero-order valence-electron chi connectivity index (χ0n) is 15.3. The number of hydrogen-bond acceptors (Lipinski definition) is 3. The van der Waals surface area contributed by atoms with Crippen LogP contribution in [0.3, 0.4) is 0 Å². The number of carbonyl (C=O) groups is 1. The molecule has 26 heavy (non-hydrogen) atoms. The monoisotopic (exact) mass is 383 g/mol. The highest BCUT2D eigenvalue weighted by Gasteiger charge is 2.24. The second kappa shape index (κ2) is 9.12. The van der Waals surface area contributed by atoms with Crippen molar-refractivity contribution < 1.29 is 13.6 Å². The number of halogens is 3. The lowest BCUT2D eigenvalue weighted by molar-refractivity contribution is 0.0627. The summed E-state index contributed by atoms with van der Waals surface area (Å²) in [7, 11) is 0. The average Bonchev–Trinajstić information content (AvgIpc) is 2.58. The van der Waals surface area contributed by atoms with Gasteiger partial charge >= 0.3 is 0 Å². The lowest BCUT2D eigenvalue weighted by Gasteiger charge is -2.35. The van der Waals surface area contributed by atoms with E-state index >= 15 is 0 Å². The number of aliphatic imine (C=N–C) groups is 1. The predicted octanol–water partition coefficient (Wildman–Crippen LogP) is 4.61. The van der Waals surface area contributed by atoms with E-state index in [2.05, 4.69) is 11.9 Å². The van der Waals surface area contributed by atoms with E-state index in [9.17, 15) is 13.6 Å². The van der Waals surface area contributed by atoms with Gasteiger partial charge in [0.15, 0.2) is 0 Å². The fraction of sp³-hybridized carbons (Fsp3) is 0.474. The van der Waals surface area contributed by atoms with Gasteiger partial charge in [0, 0.05) is 12.2 Å². The molecule has 0 bridgehead atoms. The third-order valence-electron chi connectivity index (χ3n) is 3.96. The minimum absolute atomic E-state index is 0.172. The molecule has 0 aromatic heterocycles. The molecule has 0 saturated carbocycles. The van der Waals surface area contributed by atoms with Gasteiger partial charge in [-0.2, -0.15) is 0 Å². The fourth-order valence-corrected chi connectivity index (χ4v) is 3.00. The van der Waals surface area contributed by atoms with Crippen LogP contribution in [0.4, 0.5) is 8.78 Å². The van der Waals surface area contributed by atoms with Crippen LogP contribution in [0.5, 0.6) is 0 Å². The maximum Gasteiger partial charge on any atom is 0.258 e. The number of allylic oxidation sites excluding steroid dienone is 2. The summed E-state index contributed by atoms with van der Waals surface area (Å²) in [4.78, 5) is 20.5. The van der Waals surface area contributed by atoms with Gasteiger partial charge in [-0.25, -0.2) is 8.78 Å². The van der Waals surface area contributed by atoms with Crippen molar-refractivity contribution >= 4 is 22.7 Å². The van der Waals surface area contributed by atoms with Crippen LogP contribution in [0.25, 0.3) is 0 Å². The Bertz CT molecular complexity index is 719. The van der Waals surface area contributed by atoms with Crippen LogP contribution in [-0.2, 0) is 0 Å². The SMILES string of the molecule is CCCC1=CC(Cl)=NCN1CN(CC(C)C)C(=O)c1cc(F)ccc1F. The van der Waals surface area contributed by atoms with Crippen LogP contribution < -0.4 is 0 Å². The van der Waals surface area contributed by atoms with Crippen LogP contribution in [0.15, 0.2) is 35.0 Å². The molecule has 0 fully saturated rings. The summed E-state index contributed by atoms with van der Waals surface area (Å²) in [6.07, 6.45) is 3.50. The molecule has 7 heteroatoms. The molecule has 4 nitrogen and oxygen atoms in total. The first-order chi connectivity index (χ1) is 12.3. The molecule has 0 unspecified atom stereocenters. The number of rotatable bonds is 7. The number of hydrogen-bond donors (Lipinski definition) is 0. The van der Waals surface area contributed by atoms with Crippen LogP contribution in [-0.4, -0.2) is 40.8 Å². The largest absolute Gasteiger partial charge is 0.338 e. The Morgan fingerprint density at radius 1 is 1.38 bits per heavy atom. The quantitative estimate of drug-likeness (QED) is 0.689. The molecule has 1 amide bonds. The van der Waals surface area contributed by atoms with Crippen molar-refractivity contribution in [3.05, 3.63) is 47.2 Å². The van der Waals surface area contributed by atoms with E-state index in [0.717, 1.165) is 36.7 Å². The second-order valence-corrected chi connectivity index (χ2v) is 7.12. The minimum atomic E-state index is -0.728. The van der Waals surface area contributed by atoms with Crippen LogP contribution >= 0.6 is 11.6 Å². The Hall–Kier alpha value is -1.95. The fourth-order valence-electron chi connectivity index (χ4n) is 2.82. The topological polar surface area (TPSA) is 35.9 Å². The third kappa shape index (κ3) is 5.27. The highest BCUT2D eigenvalue weighted by atomic mass is 35.5. The molecule has 0 N–H and O–H groups in total. The molecule has 1 aliphatic heterocycles. The van der Waals surface area contributed by atoms with Crippen molar-refractivity contribution in [2.45, 2.75) is 33.6 Å². The molecule has 0 spiro atoms. The third-order valence-corrected chi connectivity index (χ3v) is 4.19. The first kappa shape index (κ1) is 20.4. The number of amides is 1. The number of nitrogens with zero attached hydrogens (tertiary/aromatic N) is 3. The van der Waals surface area contributed by atoms with E-state index in [1.165, 1.54) is 4.90 Å². The molecule has 0 radical (unpaired) electrons.